The van der Waals surface area contributed by atoms with Crippen LogP contribution in [0.15, 0.2) is 6.07 Å². The number of sulfone groups is 1. The van der Waals surface area contributed by atoms with Crippen LogP contribution in [-0.2, 0) is 22.1 Å². The fraction of sp³-hybridized carbons (Fsp3) is 0.727. The third kappa shape index (κ3) is 4.47. The average Bonchev–Trinajstić information content (AvgIpc) is 2.55. The van der Waals surface area contributed by atoms with E-state index in [1.165, 1.54) is 0 Å². The molecule has 2 N–H and O–H groups in total. The summed E-state index contributed by atoms with van der Waals surface area (Å²) in [6.07, 6.45) is 0.502. The molecule has 0 fully saturated rings. The molecule has 98 valence electrons. The van der Waals surface area contributed by atoms with Crippen molar-refractivity contribution in [1.29, 1.82) is 0 Å². The molecule has 1 heterocycles. The Bertz CT molecular complexity index is 463. The summed E-state index contributed by atoms with van der Waals surface area (Å²) in [5, 5.41) is 4.24. The van der Waals surface area contributed by atoms with Crippen molar-refractivity contribution in [3.63, 3.8) is 0 Å². The van der Waals surface area contributed by atoms with Gasteiger partial charge in [-0.05, 0) is 33.3 Å². The molecule has 0 aromatic carbocycles. The first-order valence-corrected chi connectivity index (χ1v) is 7.65. The summed E-state index contributed by atoms with van der Waals surface area (Å²) in [4.78, 5) is 0. The molecule has 0 bridgehead atoms. The van der Waals surface area contributed by atoms with E-state index in [1.807, 2.05) is 26.8 Å². The van der Waals surface area contributed by atoms with E-state index in [4.69, 9.17) is 5.73 Å². The Morgan fingerprint density at radius 1 is 1.53 bits per heavy atom. The van der Waals surface area contributed by atoms with Crippen molar-refractivity contribution in [3.05, 3.63) is 17.5 Å². The number of hydrogen-bond acceptors (Lipinski definition) is 4. The van der Waals surface area contributed by atoms with E-state index in [0.717, 1.165) is 11.4 Å². The molecule has 0 spiro atoms. The highest BCUT2D eigenvalue weighted by atomic mass is 32.2. The maximum atomic E-state index is 11.9. The highest BCUT2D eigenvalue weighted by molar-refractivity contribution is 7.90. The minimum absolute atomic E-state index is 0.0500. The molecule has 1 aromatic heterocycles. The summed E-state index contributed by atoms with van der Waals surface area (Å²) >= 11 is 0. The summed E-state index contributed by atoms with van der Waals surface area (Å²) in [7, 11) is -3.09. The van der Waals surface area contributed by atoms with Crippen molar-refractivity contribution in [1.82, 2.24) is 9.78 Å². The van der Waals surface area contributed by atoms with E-state index < -0.39 is 9.84 Å². The third-order valence-electron chi connectivity index (χ3n) is 2.54. The Morgan fingerprint density at radius 3 is 2.71 bits per heavy atom. The summed E-state index contributed by atoms with van der Waals surface area (Å²) in [6.45, 7) is 6.32. The molecule has 1 aromatic rings. The van der Waals surface area contributed by atoms with Crippen LogP contribution in [0.5, 0.6) is 0 Å². The lowest BCUT2D eigenvalue weighted by molar-refractivity contribution is 0.578. The van der Waals surface area contributed by atoms with Crippen molar-refractivity contribution in [2.75, 3.05) is 5.75 Å². The number of aryl methyl sites for hydroxylation is 2. The molecule has 17 heavy (non-hydrogen) atoms. The van der Waals surface area contributed by atoms with Crippen molar-refractivity contribution in [2.24, 2.45) is 5.73 Å². The fourth-order valence-electron chi connectivity index (χ4n) is 1.65. The SMILES string of the molecule is CCn1nc(C)cc1CS(=O)(=O)CCC(C)N. The Kier molecular flexibility index (Phi) is 4.70. The van der Waals surface area contributed by atoms with E-state index in [0.29, 0.717) is 13.0 Å². The van der Waals surface area contributed by atoms with E-state index in [1.54, 1.807) is 4.68 Å². The number of nitrogens with zero attached hydrogens (tertiary/aromatic N) is 2. The molecule has 0 aliphatic rings. The van der Waals surface area contributed by atoms with Gasteiger partial charge in [-0.3, -0.25) is 4.68 Å². The van der Waals surface area contributed by atoms with Gasteiger partial charge in [-0.15, -0.1) is 0 Å². The molecular formula is C11H21N3O2S. The van der Waals surface area contributed by atoms with Gasteiger partial charge in [-0.1, -0.05) is 0 Å². The Hall–Kier alpha value is -0.880. The number of nitrogens with two attached hydrogens (primary N) is 1. The minimum atomic E-state index is -3.09. The van der Waals surface area contributed by atoms with Crippen LogP contribution in [0, 0.1) is 6.92 Å². The summed E-state index contributed by atoms with van der Waals surface area (Å²) in [5.41, 5.74) is 7.18. The molecule has 0 radical (unpaired) electrons. The largest absolute Gasteiger partial charge is 0.328 e. The van der Waals surface area contributed by atoms with Gasteiger partial charge < -0.3 is 5.73 Å². The Labute approximate surface area is 103 Å². The van der Waals surface area contributed by atoms with Crippen molar-refractivity contribution >= 4 is 9.84 Å². The summed E-state index contributed by atoms with van der Waals surface area (Å²) < 4.78 is 25.5. The van der Waals surface area contributed by atoms with Crippen molar-refractivity contribution < 1.29 is 8.42 Å². The Morgan fingerprint density at radius 2 is 2.18 bits per heavy atom. The lowest BCUT2D eigenvalue weighted by Crippen LogP contribution is -2.21. The first-order valence-electron chi connectivity index (χ1n) is 5.83. The van der Waals surface area contributed by atoms with Crippen LogP contribution in [0.1, 0.15) is 31.7 Å². The van der Waals surface area contributed by atoms with Crippen LogP contribution in [0.2, 0.25) is 0 Å². The molecule has 6 heteroatoms. The van der Waals surface area contributed by atoms with Crippen molar-refractivity contribution in [3.8, 4) is 0 Å². The van der Waals surface area contributed by atoms with Crippen LogP contribution in [0.25, 0.3) is 0 Å². The lowest BCUT2D eigenvalue weighted by atomic mass is 10.3. The predicted molar refractivity (Wildman–Crippen MR) is 68.4 cm³/mol. The van der Waals surface area contributed by atoms with E-state index in [9.17, 15) is 8.42 Å². The number of hydrogen-bond donors (Lipinski definition) is 1. The maximum Gasteiger partial charge on any atom is 0.156 e. The molecule has 1 rings (SSSR count). The van der Waals surface area contributed by atoms with Gasteiger partial charge >= 0.3 is 0 Å². The van der Waals surface area contributed by atoms with Gasteiger partial charge in [0.2, 0.25) is 0 Å². The standard InChI is InChI=1S/C11H21N3O2S/c1-4-14-11(7-10(3)13-14)8-17(15,16)6-5-9(2)12/h7,9H,4-6,8,12H2,1-3H3. The van der Waals surface area contributed by atoms with Gasteiger partial charge in [-0.2, -0.15) is 5.10 Å². The van der Waals surface area contributed by atoms with Gasteiger partial charge in [0, 0.05) is 12.6 Å². The van der Waals surface area contributed by atoms with Gasteiger partial charge in [0.25, 0.3) is 0 Å². The second-order valence-corrected chi connectivity index (χ2v) is 6.63. The molecule has 5 nitrogen and oxygen atoms in total. The normalized spacial score (nSPS) is 13.9. The quantitative estimate of drug-likeness (QED) is 0.822. The van der Waals surface area contributed by atoms with Crippen LogP contribution in [0.4, 0.5) is 0 Å². The molecule has 0 aliphatic carbocycles. The highest BCUT2D eigenvalue weighted by Gasteiger charge is 2.16. The van der Waals surface area contributed by atoms with Crippen LogP contribution < -0.4 is 5.73 Å². The van der Waals surface area contributed by atoms with Gasteiger partial charge in [0.15, 0.2) is 9.84 Å². The van der Waals surface area contributed by atoms with Gasteiger partial charge in [0.05, 0.1) is 22.9 Å². The zero-order chi connectivity index (χ0) is 13.1. The summed E-state index contributed by atoms with van der Waals surface area (Å²) in [5.74, 6) is 0.188. The molecule has 0 saturated heterocycles. The molecule has 1 unspecified atom stereocenters. The summed E-state index contributed by atoms with van der Waals surface area (Å²) in [6, 6.07) is 1.75. The lowest BCUT2D eigenvalue weighted by Gasteiger charge is -2.07. The zero-order valence-electron chi connectivity index (χ0n) is 10.7. The van der Waals surface area contributed by atoms with E-state index in [2.05, 4.69) is 5.10 Å². The van der Waals surface area contributed by atoms with Gasteiger partial charge in [0.1, 0.15) is 0 Å². The van der Waals surface area contributed by atoms with Crippen molar-refractivity contribution in [2.45, 2.75) is 45.5 Å². The Balaban J connectivity index is 2.75. The number of aromatic nitrogens is 2. The first kappa shape index (κ1) is 14.2. The average molecular weight is 259 g/mol. The maximum absolute atomic E-state index is 11.9. The fourth-order valence-corrected chi connectivity index (χ4v) is 3.21. The minimum Gasteiger partial charge on any atom is -0.328 e. The van der Waals surface area contributed by atoms with Gasteiger partial charge in [-0.25, -0.2) is 8.42 Å². The van der Waals surface area contributed by atoms with E-state index in [-0.39, 0.29) is 17.5 Å². The second kappa shape index (κ2) is 5.64. The molecule has 0 aliphatic heterocycles. The van der Waals surface area contributed by atoms with Crippen LogP contribution in [0.3, 0.4) is 0 Å². The molecule has 0 amide bonds. The third-order valence-corrected chi connectivity index (χ3v) is 4.13. The molecular weight excluding hydrogens is 238 g/mol. The van der Waals surface area contributed by atoms with Crippen LogP contribution >= 0.6 is 0 Å². The molecule has 0 saturated carbocycles. The number of rotatable bonds is 6. The smallest absolute Gasteiger partial charge is 0.156 e. The monoisotopic (exact) mass is 259 g/mol. The first-order chi connectivity index (χ1) is 7.84. The topological polar surface area (TPSA) is 78.0 Å². The predicted octanol–water partition coefficient (Wildman–Crippen LogP) is 0.864. The second-order valence-electron chi connectivity index (χ2n) is 4.45. The van der Waals surface area contributed by atoms with Crippen LogP contribution in [-0.4, -0.2) is 30.0 Å². The zero-order valence-corrected chi connectivity index (χ0v) is 11.5. The molecule has 1 atom stereocenters. The van der Waals surface area contributed by atoms with E-state index >= 15 is 0 Å². The highest BCUT2D eigenvalue weighted by Crippen LogP contribution is 2.10.